The van der Waals surface area contributed by atoms with Crippen LogP contribution in [0, 0.1) is 0 Å². The lowest BCUT2D eigenvalue weighted by atomic mass is 9.82. The molecule has 24 heavy (non-hydrogen) atoms. The summed E-state index contributed by atoms with van der Waals surface area (Å²) in [4.78, 5) is 50.2. The molecule has 0 radical (unpaired) electrons. The lowest BCUT2D eigenvalue weighted by Gasteiger charge is -2.25. The van der Waals surface area contributed by atoms with Crippen molar-refractivity contribution in [1.29, 1.82) is 0 Å². The zero-order chi connectivity index (χ0) is 17.6. The third kappa shape index (κ3) is 2.62. The normalized spacial score (nSPS) is 21.6. The van der Waals surface area contributed by atoms with Crippen molar-refractivity contribution in [2.24, 2.45) is 0 Å². The Kier molecular flexibility index (Phi) is 3.78. The van der Waals surface area contributed by atoms with Gasteiger partial charge < -0.3 is 0 Å². The minimum atomic E-state index is -0.586. The number of rotatable bonds is 1. The van der Waals surface area contributed by atoms with Gasteiger partial charge in [0, 0.05) is 18.9 Å². The molecule has 126 valence electrons. The number of nitrogens with zero attached hydrogens (tertiary/aromatic N) is 1. The van der Waals surface area contributed by atoms with Gasteiger partial charge in [0.25, 0.3) is 11.8 Å². The highest BCUT2D eigenvalue weighted by molar-refractivity contribution is 6.22. The van der Waals surface area contributed by atoms with Crippen molar-refractivity contribution in [3.05, 3.63) is 34.9 Å². The maximum Gasteiger partial charge on any atom is 0.262 e. The fourth-order valence-electron chi connectivity index (χ4n) is 3.36. The number of carbonyl (C=O) groups is 4. The van der Waals surface area contributed by atoms with E-state index >= 15 is 0 Å². The summed E-state index contributed by atoms with van der Waals surface area (Å²) in [7, 11) is 0. The van der Waals surface area contributed by atoms with Gasteiger partial charge in [-0.1, -0.05) is 32.9 Å². The highest BCUT2D eigenvalue weighted by atomic mass is 16.2. The van der Waals surface area contributed by atoms with E-state index in [1.165, 1.54) is 0 Å². The fourth-order valence-corrected chi connectivity index (χ4v) is 3.36. The van der Waals surface area contributed by atoms with Crippen LogP contribution in [0.4, 0.5) is 0 Å². The van der Waals surface area contributed by atoms with Gasteiger partial charge in [-0.3, -0.25) is 29.4 Å². The molecule has 1 aromatic rings. The van der Waals surface area contributed by atoms with Crippen LogP contribution in [0.3, 0.4) is 0 Å². The van der Waals surface area contributed by atoms with E-state index in [1.807, 2.05) is 26.8 Å². The summed E-state index contributed by atoms with van der Waals surface area (Å²) in [6.07, 6.45) is 0.381. The number of fused-ring (bicyclic) bond motifs is 1. The summed E-state index contributed by atoms with van der Waals surface area (Å²) < 4.78 is 0. The van der Waals surface area contributed by atoms with Gasteiger partial charge in [0.15, 0.2) is 0 Å². The molecule has 0 bridgehead atoms. The van der Waals surface area contributed by atoms with Crippen LogP contribution in [0.15, 0.2) is 18.2 Å². The predicted molar refractivity (Wildman–Crippen MR) is 86.4 cm³/mol. The second kappa shape index (κ2) is 5.54. The fraction of sp³-hybridized carbons (Fsp3) is 0.444. The SMILES string of the molecule is CC(C)(C)c1cccc2c1C(=O)N(C1CCC(=O)NC(=O)C1)C2=O. The number of amides is 4. The molecule has 0 saturated carbocycles. The minimum absolute atomic E-state index is 0.0396. The molecule has 1 atom stereocenters. The van der Waals surface area contributed by atoms with Gasteiger partial charge in [-0.2, -0.15) is 0 Å². The number of nitrogens with one attached hydrogen (secondary N) is 1. The summed E-state index contributed by atoms with van der Waals surface area (Å²) in [6, 6.07) is 4.69. The lowest BCUT2D eigenvalue weighted by molar-refractivity contribution is -0.129. The molecule has 1 aromatic carbocycles. The van der Waals surface area contributed by atoms with Crippen LogP contribution < -0.4 is 5.32 Å². The summed E-state index contributed by atoms with van der Waals surface area (Å²) in [6.45, 7) is 5.96. The summed E-state index contributed by atoms with van der Waals surface area (Å²) in [5.74, 6) is -1.56. The number of imide groups is 2. The Bertz CT molecular complexity index is 761. The third-order valence-electron chi connectivity index (χ3n) is 4.52. The molecule has 1 fully saturated rings. The molecular weight excluding hydrogens is 308 g/mol. The van der Waals surface area contributed by atoms with Crippen LogP contribution in [0.1, 0.15) is 66.3 Å². The lowest BCUT2D eigenvalue weighted by Crippen LogP contribution is -2.41. The van der Waals surface area contributed by atoms with Crippen LogP contribution in [-0.2, 0) is 15.0 Å². The average molecular weight is 328 g/mol. The zero-order valence-electron chi connectivity index (χ0n) is 14.0. The maximum atomic E-state index is 13.0. The molecule has 2 aliphatic rings. The van der Waals surface area contributed by atoms with Crippen LogP contribution in [0.25, 0.3) is 0 Å². The Balaban J connectivity index is 2.01. The van der Waals surface area contributed by atoms with Gasteiger partial charge >= 0.3 is 0 Å². The summed E-state index contributed by atoms with van der Waals surface area (Å²) in [5.41, 5.74) is 1.33. The molecule has 1 N–H and O–H groups in total. The number of carbonyl (C=O) groups excluding carboxylic acids is 4. The first-order valence-electron chi connectivity index (χ1n) is 8.04. The molecule has 4 amide bonds. The van der Waals surface area contributed by atoms with Crippen molar-refractivity contribution in [3.8, 4) is 0 Å². The Morgan fingerprint density at radius 2 is 1.75 bits per heavy atom. The molecule has 0 aliphatic carbocycles. The Morgan fingerprint density at radius 3 is 2.42 bits per heavy atom. The third-order valence-corrected chi connectivity index (χ3v) is 4.52. The van der Waals surface area contributed by atoms with Gasteiger partial charge in [0.05, 0.1) is 11.1 Å². The molecule has 0 spiro atoms. The van der Waals surface area contributed by atoms with E-state index in [2.05, 4.69) is 5.32 Å². The molecule has 2 heterocycles. The van der Waals surface area contributed by atoms with Crippen LogP contribution in [0.5, 0.6) is 0 Å². The Labute approximate surface area is 140 Å². The number of hydrogen-bond donors (Lipinski definition) is 1. The Hall–Kier alpha value is -2.50. The van der Waals surface area contributed by atoms with E-state index in [0.29, 0.717) is 17.5 Å². The van der Waals surface area contributed by atoms with Crippen molar-refractivity contribution >= 4 is 23.6 Å². The second-order valence-electron chi connectivity index (χ2n) is 7.33. The smallest absolute Gasteiger partial charge is 0.262 e. The molecule has 6 nitrogen and oxygen atoms in total. The van der Waals surface area contributed by atoms with Gasteiger partial charge in [0.1, 0.15) is 0 Å². The largest absolute Gasteiger partial charge is 0.296 e. The van der Waals surface area contributed by atoms with E-state index in [4.69, 9.17) is 0 Å². The second-order valence-corrected chi connectivity index (χ2v) is 7.33. The van der Waals surface area contributed by atoms with E-state index in [1.54, 1.807) is 12.1 Å². The molecule has 2 aliphatic heterocycles. The van der Waals surface area contributed by atoms with Crippen LogP contribution in [0.2, 0.25) is 0 Å². The van der Waals surface area contributed by atoms with Gasteiger partial charge in [-0.25, -0.2) is 0 Å². The zero-order valence-corrected chi connectivity index (χ0v) is 14.0. The molecule has 1 saturated heterocycles. The van der Waals surface area contributed by atoms with E-state index < -0.39 is 11.9 Å². The van der Waals surface area contributed by atoms with E-state index in [0.717, 1.165) is 10.5 Å². The first kappa shape index (κ1) is 16.4. The van der Waals surface area contributed by atoms with E-state index in [9.17, 15) is 19.2 Å². The monoisotopic (exact) mass is 328 g/mol. The molecule has 0 aromatic heterocycles. The molecule has 6 heteroatoms. The van der Waals surface area contributed by atoms with Gasteiger partial charge in [-0.05, 0) is 23.5 Å². The highest BCUT2D eigenvalue weighted by Crippen LogP contribution is 2.35. The first-order chi connectivity index (χ1) is 11.2. The molecule has 3 rings (SSSR count). The summed E-state index contributed by atoms with van der Waals surface area (Å²) in [5, 5.41) is 2.25. The maximum absolute atomic E-state index is 13.0. The van der Waals surface area contributed by atoms with Crippen LogP contribution in [-0.4, -0.2) is 34.6 Å². The Morgan fingerprint density at radius 1 is 1.04 bits per heavy atom. The van der Waals surface area contributed by atoms with Crippen molar-refractivity contribution in [2.45, 2.75) is 51.5 Å². The van der Waals surface area contributed by atoms with Crippen molar-refractivity contribution in [2.75, 3.05) is 0 Å². The topological polar surface area (TPSA) is 83.6 Å². The first-order valence-corrected chi connectivity index (χ1v) is 8.04. The standard InChI is InChI=1S/C18H20N2O4/c1-18(2,3)12-6-4-5-11-15(12)17(24)20(16(11)23)10-7-8-13(21)19-14(22)9-10/h4-6,10H,7-9H2,1-3H3,(H,19,21,22). The number of hydrogen-bond acceptors (Lipinski definition) is 4. The minimum Gasteiger partial charge on any atom is -0.296 e. The van der Waals surface area contributed by atoms with Crippen LogP contribution >= 0.6 is 0 Å². The van der Waals surface area contributed by atoms with Crippen molar-refractivity contribution < 1.29 is 19.2 Å². The molecular formula is C18H20N2O4. The average Bonchev–Trinajstić information content (AvgIpc) is 2.63. The predicted octanol–water partition coefficient (Wildman–Crippen LogP) is 1.78. The molecule has 1 unspecified atom stereocenters. The highest BCUT2D eigenvalue weighted by Gasteiger charge is 2.43. The van der Waals surface area contributed by atoms with Gasteiger partial charge in [-0.15, -0.1) is 0 Å². The van der Waals surface area contributed by atoms with Gasteiger partial charge in [0.2, 0.25) is 11.8 Å². The van der Waals surface area contributed by atoms with E-state index in [-0.39, 0.29) is 36.0 Å². The quantitative estimate of drug-likeness (QED) is 0.797. The summed E-state index contributed by atoms with van der Waals surface area (Å²) >= 11 is 0. The number of benzene rings is 1. The van der Waals surface area contributed by atoms with Crippen molar-refractivity contribution in [3.63, 3.8) is 0 Å². The van der Waals surface area contributed by atoms with Crippen molar-refractivity contribution in [1.82, 2.24) is 10.2 Å².